The van der Waals surface area contributed by atoms with Crippen LogP contribution in [0.1, 0.15) is 17.7 Å². The summed E-state index contributed by atoms with van der Waals surface area (Å²) in [4.78, 5) is 5.76. The summed E-state index contributed by atoms with van der Waals surface area (Å²) < 4.78 is 0. The van der Waals surface area contributed by atoms with E-state index in [0.29, 0.717) is 0 Å². The van der Waals surface area contributed by atoms with Gasteiger partial charge in [0.1, 0.15) is 0 Å². The molecule has 0 bridgehead atoms. The van der Waals surface area contributed by atoms with Gasteiger partial charge in [0.05, 0.1) is 5.71 Å². The van der Waals surface area contributed by atoms with E-state index < -0.39 is 0 Å². The van der Waals surface area contributed by atoms with Gasteiger partial charge in [-0.2, -0.15) is 0 Å². The maximum Gasteiger partial charge on any atom is 0.0520 e. The van der Waals surface area contributed by atoms with Crippen molar-refractivity contribution in [2.75, 3.05) is 6.54 Å². The maximum atomic E-state index is 4.41. The summed E-state index contributed by atoms with van der Waals surface area (Å²) in [7, 11) is 0. The molecule has 0 amide bonds. The molecule has 0 aromatic carbocycles. The fraction of sp³-hybridized carbons (Fsp3) is 0.375. The predicted octanol–water partition coefficient (Wildman–Crippen LogP) is 2.33. The molecule has 1 aliphatic heterocycles. The van der Waals surface area contributed by atoms with E-state index in [2.05, 4.69) is 22.5 Å². The molecule has 52 valence electrons. The van der Waals surface area contributed by atoms with E-state index in [1.54, 1.807) is 11.3 Å². The predicted molar refractivity (Wildman–Crippen MR) is 45.0 cm³/mol. The highest BCUT2D eigenvalue weighted by Crippen LogP contribution is 2.16. The Balaban J connectivity index is 2.28. The molecule has 0 unspecified atom stereocenters. The van der Waals surface area contributed by atoms with Crippen LogP contribution in [0.25, 0.3) is 0 Å². The van der Waals surface area contributed by atoms with Crippen molar-refractivity contribution in [1.82, 2.24) is 0 Å². The summed E-state index contributed by atoms with van der Waals surface area (Å²) in [6.45, 7) is 1.03. The molecule has 0 saturated carbocycles. The van der Waals surface area contributed by atoms with Crippen molar-refractivity contribution < 1.29 is 0 Å². The van der Waals surface area contributed by atoms with Crippen molar-refractivity contribution in [3.63, 3.8) is 0 Å². The average Bonchev–Trinajstić information content (AvgIpc) is 2.59. The van der Waals surface area contributed by atoms with Gasteiger partial charge in [-0.05, 0) is 24.3 Å². The van der Waals surface area contributed by atoms with Gasteiger partial charge in [-0.25, -0.2) is 0 Å². The lowest BCUT2D eigenvalue weighted by Gasteiger charge is -1.90. The minimum Gasteiger partial charge on any atom is -0.288 e. The third-order valence-electron chi connectivity index (χ3n) is 1.68. The molecule has 1 aromatic heterocycles. The van der Waals surface area contributed by atoms with Crippen molar-refractivity contribution in [2.45, 2.75) is 12.8 Å². The highest BCUT2D eigenvalue weighted by molar-refractivity contribution is 7.12. The first-order valence-electron chi connectivity index (χ1n) is 3.54. The molecule has 0 aliphatic carbocycles. The Kier molecular flexibility index (Phi) is 1.55. The quantitative estimate of drug-likeness (QED) is 0.584. The summed E-state index contributed by atoms with van der Waals surface area (Å²) in [6, 6.07) is 4.23. The molecule has 0 radical (unpaired) electrons. The Labute approximate surface area is 64.4 Å². The van der Waals surface area contributed by atoms with Crippen LogP contribution in [-0.2, 0) is 0 Å². The molecule has 0 saturated heterocycles. The Bertz CT molecular complexity index is 236. The second-order valence-corrected chi connectivity index (χ2v) is 3.36. The zero-order valence-electron chi connectivity index (χ0n) is 5.71. The van der Waals surface area contributed by atoms with Crippen LogP contribution in [0.15, 0.2) is 22.5 Å². The van der Waals surface area contributed by atoms with Crippen LogP contribution in [0.2, 0.25) is 0 Å². The minimum absolute atomic E-state index is 1.03. The molecule has 2 heterocycles. The molecule has 0 atom stereocenters. The number of nitrogens with zero attached hydrogens (tertiary/aromatic N) is 1. The Morgan fingerprint density at radius 3 is 3.10 bits per heavy atom. The Morgan fingerprint density at radius 2 is 2.50 bits per heavy atom. The lowest BCUT2D eigenvalue weighted by atomic mass is 10.2. The summed E-state index contributed by atoms with van der Waals surface area (Å²) in [6.07, 6.45) is 2.42. The van der Waals surface area contributed by atoms with Crippen LogP contribution >= 0.6 is 11.3 Å². The molecular weight excluding hydrogens is 142 g/mol. The van der Waals surface area contributed by atoms with Gasteiger partial charge in [0.25, 0.3) is 0 Å². The number of thiophene rings is 1. The van der Waals surface area contributed by atoms with E-state index in [9.17, 15) is 0 Å². The van der Waals surface area contributed by atoms with Crippen LogP contribution in [0.5, 0.6) is 0 Å². The van der Waals surface area contributed by atoms with Crippen LogP contribution < -0.4 is 0 Å². The van der Waals surface area contributed by atoms with E-state index in [4.69, 9.17) is 0 Å². The molecule has 2 rings (SSSR count). The average molecular weight is 151 g/mol. The van der Waals surface area contributed by atoms with Gasteiger partial charge >= 0.3 is 0 Å². The van der Waals surface area contributed by atoms with Crippen molar-refractivity contribution in [1.29, 1.82) is 0 Å². The van der Waals surface area contributed by atoms with E-state index in [0.717, 1.165) is 6.54 Å². The number of rotatable bonds is 1. The van der Waals surface area contributed by atoms with Gasteiger partial charge in [0.15, 0.2) is 0 Å². The standard InChI is InChI=1S/C8H9NS/c1-3-7(9-5-1)8-4-2-6-10-8/h2,4,6H,1,3,5H2. The van der Waals surface area contributed by atoms with Crippen LogP contribution in [-0.4, -0.2) is 12.3 Å². The van der Waals surface area contributed by atoms with Crippen LogP contribution in [0.4, 0.5) is 0 Å². The van der Waals surface area contributed by atoms with E-state index in [1.165, 1.54) is 23.4 Å². The number of hydrogen-bond donors (Lipinski definition) is 0. The van der Waals surface area contributed by atoms with Gasteiger partial charge in [-0.1, -0.05) is 6.07 Å². The van der Waals surface area contributed by atoms with Crippen molar-refractivity contribution >= 4 is 17.0 Å². The van der Waals surface area contributed by atoms with Crippen LogP contribution in [0.3, 0.4) is 0 Å². The highest BCUT2D eigenvalue weighted by atomic mass is 32.1. The SMILES string of the molecule is c1csc(C2=NCCC2)c1. The molecule has 0 spiro atoms. The molecule has 2 heteroatoms. The summed E-state index contributed by atoms with van der Waals surface area (Å²) in [5, 5.41) is 2.11. The molecule has 0 fully saturated rings. The van der Waals surface area contributed by atoms with E-state index in [-0.39, 0.29) is 0 Å². The summed E-state index contributed by atoms with van der Waals surface area (Å²) in [5.41, 5.74) is 1.31. The molecule has 1 aromatic rings. The molecule has 10 heavy (non-hydrogen) atoms. The van der Waals surface area contributed by atoms with Gasteiger partial charge in [0.2, 0.25) is 0 Å². The zero-order valence-corrected chi connectivity index (χ0v) is 6.53. The Hall–Kier alpha value is -0.630. The highest BCUT2D eigenvalue weighted by Gasteiger charge is 2.08. The molecule has 1 aliphatic rings. The number of hydrogen-bond acceptors (Lipinski definition) is 2. The van der Waals surface area contributed by atoms with Crippen LogP contribution in [0, 0.1) is 0 Å². The Morgan fingerprint density at radius 1 is 1.50 bits per heavy atom. The zero-order chi connectivity index (χ0) is 6.81. The van der Waals surface area contributed by atoms with E-state index in [1.807, 2.05) is 0 Å². The molecule has 1 nitrogen and oxygen atoms in total. The normalized spacial score (nSPS) is 17.4. The first-order chi connectivity index (χ1) is 4.97. The van der Waals surface area contributed by atoms with Gasteiger partial charge in [0, 0.05) is 11.4 Å². The third kappa shape index (κ3) is 0.991. The summed E-state index contributed by atoms with van der Waals surface area (Å²) >= 11 is 1.79. The monoisotopic (exact) mass is 151 g/mol. The fourth-order valence-electron chi connectivity index (χ4n) is 1.18. The first-order valence-corrected chi connectivity index (χ1v) is 4.42. The van der Waals surface area contributed by atoms with Crippen molar-refractivity contribution in [2.24, 2.45) is 4.99 Å². The fourth-order valence-corrected chi connectivity index (χ4v) is 1.95. The smallest absolute Gasteiger partial charge is 0.0520 e. The molecular formula is C8H9NS. The molecule has 0 N–H and O–H groups in total. The van der Waals surface area contributed by atoms with Crippen molar-refractivity contribution in [3.8, 4) is 0 Å². The third-order valence-corrected chi connectivity index (χ3v) is 2.60. The van der Waals surface area contributed by atoms with Gasteiger partial charge in [-0.15, -0.1) is 11.3 Å². The lowest BCUT2D eigenvalue weighted by Crippen LogP contribution is -1.89. The topological polar surface area (TPSA) is 12.4 Å². The second-order valence-electron chi connectivity index (χ2n) is 2.41. The van der Waals surface area contributed by atoms with Gasteiger partial charge in [-0.3, -0.25) is 4.99 Å². The second kappa shape index (κ2) is 2.54. The largest absolute Gasteiger partial charge is 0.288 e. The van der Waals surface area contributed by atoms with Gasteiger partial charge < -0.3 is 0 Å². The summed E-state index contributed by atoms with van der Waals surface area (Å²) in [5.74, 6) is 0. The van der Waals surface area contributed by atoms with Crippen molar-refractivity contribution in [3.05, 3.63) is 22.4 Å². The lowest BCUT2D eigenvalue weighted by molar-refractivity contribution is 0.951. The minimum atomic E-state index is 1.03. The number of aliphatic imine (C=N–C) groups is 1. The van der Waals surface area contributed by atoms with E-state index >= 15 is 0 Å². The first kappa shape index (κ1) is 6.10. The maximum absolute atomic E-state index is 4.41.